The van der Waals surface area contributed by atoms with E-state index in [1.54, 1.807) is 22.9 Å². The molecule has 1 fully saturated rings. The lowest BCUT2D eigenvalue weighted by Crippen LogP contribution is -2.40. The number of rotatable bonds is 6. The summed E-state index contributed by atoms with van der Waals surface area (Å²) in [5.74, 6) is -0.212. The van der Waals surface area contributed by atoms with Gasteiger partial charge in [0.1, 0.15) is 12.1 Å². The lowest BCUT2D eigenvalue weighted by molar-refractivity contribution is -0.118. The number of nitrogens with zero attached hydrogens (tertiary/aromatic N) is 4. The van der Waals surface area contributed by atoms with E-state index in [4.69, 9.17) is 9.47 Å². The number of hydrogen-bond acceptors (Lipinski definition) is 9. The van der Waals surface area contributed by atoms with Crippen molar-refractivity contribution in [3.63, 3.8) is 0 Å². The normalized spacial score (nSPS) is 23.2. The number of amides is 1. The van der Waals surface area contributed by atoms with Crippen LogP contribution in [0.5, 0.6) is 11.5 Å². The molecule has 1 saturated heterocycles. The Labute approximate surface area is 204 Å². The van der Waals surface area contributed by atoms with Crippen molar-refractivity contribution in [2.75, 3.05) is 44.7 Å². The monoisotopic (exact) mass is 496 g/mol. The summed E-state index contributed by atoms with van der Waals surface area (Å²) >= 11 is 0. The van der Waals surface area contributed by atoms with E-state index in [0.717, 1.165) is 11.9 Å². The van der Waals surface area contributed by atoms with Gasteiger partial charge in [0.15, 0.2) is 23.9 Å². The van der Waals surface area contributed by atoms with E-state index in [9.17, 15) is 19.1 Å². The zero-order valence-corrected chi connectivity index (χ0v) is 19.3. The topological polar surface area (TPSA) is 131 Å². The van der Waals surface area contributed by atoms with Crippen molar-refractivity contribution in [1.82, 2.24) is 24.8 Å². The van der Waals surface area contributed by atoms with E-state index >= 15 is 0 Å². The molecule has 12 heteroatoms. The van der Waals surface area contributed by atoms with Crippen LogP contribution in [0, 0.1) is 11.7 Å². The Morgan fingerprint density at radius 3 is 2.97 bits per heavy atom. The molecule has 3 aromatic heterocycles. The number of aromatic nitrogens is 3. The Hall–Kier alpha value is -3.61. The minimum absolute atomic E-state index is 0.0145. The SMILES string of the molecule is O=C1COc2cnc(CNC[C@H]3CN(C[C@@H]4COc5c(F)cnc6ccc(=O)n4c56)C[C@H]3O)cc2N1. The average molecular weight is 496 g/mol. The Kier molecular flexibility index (Phi) is 5.78. The van der Waals surface area contributed by atoms with Crippen LogP contribution in [0.4, 0.5) is 10.1 Å². The van der Waals surface area contributed by atoms with Crippen LogP contribution in [-0.4, -0.2) is 75.9 Å². The van der Waals surface area contributed by atoms with E-state index in [1.165, 1.54) is 6.07 Å². The van der Waals surface area contributed by atoms with Gasteiger partial charge in [-0.05, 0) is 12.1 Å². The van der Waals surface area contributed by atoms with Gasteiger partial charge in [-0.1, -0.05) is 0 Å². The van der Waals surface area contributed by atoms with Gasteiger partial charge in [0, 0.05) is 44.7 Å². The Bertz CT molecular complexity index is 1400. The molecule has 11 nitrogen and oxygen atoms in total. The minimum atomic E-state index is -0.591. The number of carbonyl (C=O) groups is 1. The van der Waals surface area contributed by atoms with Crippen LogP contribution in [-0.2, 0) is 11.3 Å². The first-order chi connectivity index (χ1) is 17.5. The number of likely N-dealkylation sites (tertiary alicyclic amines) is 1. The molecule has 36 heavy (non-hydrogen) atoms. The summed E-state index contributed by atoms with van der Waals surface area (Å²) in [7, 11) is 0. The third kappa shape index (κ3) is 4.16. The second-order valence-corrected chi connectivity index (χ2v) is 9.36. The van der Waals surface area contributed by atoms with Gasteiger partial charge < -0.3 is 25.2 Å². The average Bonchev–Trinajstić information content (AvgIpc) is 3.21. The predicted molar refractivity (Wildman–Crippen MR) is 126 cm³/mol. The van der Waals surface area contributed by atoms with Crippen LogP contribution >= 0.6 is 0 Å². The molecular weight excluding hydrogens is 471 g/mol. The number of carbonyl (C=O) groups excluding carboxylic acids is 1. The number of pyridine rings is 3. The fraction of sp³-hybridized carbons (Fsp3) is 0.417. The molecule has 0 unspecified atom stereocenters. The first-order valence-corrected chi connectivity index (χ1v) is 11.8. The molecule has 3 aliphatic heterocycles. The molecule has 3 N–H and O–H groups in total. The van der Waals surface area contributed by atoms with Crippen molar-refractivity contribution in [2.45, 2.75) is 18.7 Å². The van der Waals surface area contributed by atoms with Crippen molar-refractivity contribution < 1.29 is 23.8 Å². The quantitative estimate of drug-likeness (QED) is 0.440. The molecule has 0 saturated carbocycles. The summed E-state index contributed by atoms with van der Waals surface area (Å²) in [6.07, 6.45) is 2.15. The number of ether oxygens (including phenoxy) is 2. The summed E-state index contributed by atoms with van der Waals surface area (Å²) in [6, 6.07) is 4.46. The highest BCUT2D eigenvalue weighted by atomic mass is 19.1. The molecule has 3 atom stereocenters. The summed E-state index contributed by atoms with van der Waals surface area (Å²) in [6.45, 7) is 2.75. The first kappa shape index (κ1) is 22.8. The van der Waals surface area contributed by atoms with Crippen molar-refractivity contribution in [2.24, 2.45) is 5.92 Å². The number of aliphatic hydroxyl groups excluding tert-OH is 1. The van der Waals surface area contributed by atoms with E-state index in [2.05, 4.69) is 25.5 Å². The first-order valence-electron chi connectivity index (χ1n) is 11.8. The van der Waals surface area contributed by atoms with E-state index in [0.29, 0.717) is 55.2 Å². The van der Waals surface area contributed by atoms with Gasteiger partial charge in [-0.3, -0.25) is 29.0 Å². The number of β-amino-alcohol motifs (C(OH)–C–C–N with tert-alkyl or cyclic N) is 1. The predicted octanol–water partition coefficient (Wildman–Crippen LogP) is 0.277. The summed E-state index contributed by atoms with van der Waals surface area (Å²) in [4.78, 5) is 34.8. The maximum absolute atomic E-state index is 14.3. The van der Waals surface area contributed by atoms with Crippen molar-refractivity contribution in [3.8, 4) is 11.5 Å². The van der Waals surface area contributed by atoms with Crippen molar-refractivity contribution in [1.29, 1.82) is 0 Å². The number of anilines is 1. The summed E-state index contributed by atoms with van der Waals surface area (Å²) in [5, 5.41) is 16.7. The number of nitrogens with one attached hydrogen (secondary N) is 2. The minimum Gasteiger partial charge on any atom is -0.486 e. The maximum atomic E-state index is 14.3. The molecule has 0 spiro atoms. The van der Waals surface area contributed by atoms with E-state index in [-0.39, 0.29) is 42.4 Å². The molecule has 3 aliphatic rings. The maximum Gasteiger partial charge on any atom is 0.262 e. The second-order valence-electron chi connectivity index (χ2n) is 9.36. The van der Waals surface area contributed by atoms with Crippen molar-refractivity contribution in [3.05, 3.63) is 52.5 Å². The zero-order chi connectivity index (χ0) is 24.8. The van der Waals surface area contributed by atoms with Gasteiger partial charge in [-0.2, -0.15) is 0 Å². The van der Waals surface area contributed by atoms with E-state index < -0.39 is 11.9 Å². The fourth-order valence-corrected chi connectivity index (χ4v) is 5.16. The molecule has 0 aromatic carbocycles. The lowest BCUT2D eigenvalue weighted by atomic mass is 10.1. The van der Waals surface area contributed by atoms with Crippen LogP contribution in [0.3, 0.4) is 0 Å². The molecule has 188 valence electrons. The molecule has 6 heterocycles. The Morgan fingerprint density at radius 1 is 1.19 bits per heavy atom. The zero-order valence-electron chi connectivity index (χ0n) is 19.3. The van der Waals surface area contributed by atoms with Gasteiger partial charge in [0.2, 0.25) is 0 Å². The Balaban J connectivity index is 1.09. The van der Waals surface area contributed by atoms with Crippen LogP contribution in [0.25, 0.3) is 11.0 Å². The number of halogens is 1. The fourth-order valence-electron chi connectivity index (χ4n) is 5.16. The van der Waals surface area contributed by atoms with Gasteiger partial charge in [0.05, 0.1) is 41.4 Å². The number of fused-ring (bicyclic) bond motifs is 1. The van der Waals surface area contributed by atoms with Crippen LogP contribution in [0.1, 0.15) is 11.7 Å². The van der Waals surface area contributed by atoms with Crippen LogP contribution < -0.4 is 25.7 Å². The highest BCUT2D eigenvalue weighted by Crippen LogP contribution is 2.33. The van der Waals surface area contributed by atoms with Crippen LogP contribution in [0.15, 0.2) is 35.4 Å². The summed E-state index contributed by atoms with van der Waals surface area (Å²) in [5.41, 5.74) is 1.98. The molecular formula is C24H25FN6O5. The van der Waals surface area contributed by atoms with Crippen molar-refractivity contribution >= 4 is 22.6 Å². The third-order valence-corrected chi connectivity index (χ3v) is 6.86. The van der Waals surface area contributed by atoms with Gasteiger partial charge in [0.25, 0.3) is 11.5 Å². The highest BCUT2D eigenvalue weighted by molar-refractivity contribution is 5.95. The molecule has 0 radical (unpaired) electrons. The van der Waals surface area contributed by atoms with Gasteiger partial charge in [-0.15, -0.1) is 0 Å². The second kappa shape index (κ2) is 9.12. The molecule has 0 aliphatic carbocycles. The smallest absolute Gasteiger partial charge is 0.262 e. The molecule has 1 amide bonds. The standard InChI is InChI=1S/C24H25FN6O5/c25-16-6-28-17-1-2-22(34)31-15(11-36-24(16)23(17)31)9-30-8-13(19(32)10-30)4-26-5-14-3-18-20(7-27-14)35-12-21(33)29-18/h1-3,6-7,13,15,19,26,32H,4-5,8-12H2,(H,29,33)/t13-,15+,19+/m0/s1. The van der Waals surface area contributed by atoms with Crippen LogP contribution in [0.2, 0.25) is 0 Å². The number of aliphatic hydroxyl groups is 1. The van der Waals surface area contributed by atoms with Gasteiger partial charge in [-0.25, -0.2) is 4.39 Å². The van der Waals surface area contributed by atoms with E-state index in [1.807, 2.05) is 0 Å². The highest BCUT2D eigenvalue weighted by Gasteiger charge is 2.34. The molecule has 0 bridgehead atoms. The lowest BCUT2D eigenvalue weighted by Gasteiger charge is -2.30. The molecule has 3 aromatic rings. The number of hydrogen-bond donors (Lipinski definition) is 3. The largest absolute Gasteiger partial charge is 0.486 e. The Morgan fingerprint density at radius 2 is 2.08 bits per heavy atom. The van der Waals surface area contributed by atoms with Gasteiger partial charge >= 0.3 is 0 Å². The third-order valence-electron chi connectivity index (χ3n) is 6.86. The summed E-state index contributed by atoms with van der Waals surface area (Å²) < 4.78 is 26.9. The molecule has 6 rings (SSSR count).